The third kappa shape index (κ3) is 4.27. The number of halogens is 1. The standard InChI is InChI=1S/C13H17IN2O/c1-9(10-2-4-11(14)5-3-10)15-8-13(17)16-12-6-7-12/h2-5,9,12,15H,6-8H2,1H3,(H,16,17). The van der Waals surface area contributed by atoms with Gasteiger partial charge in [-0.2, -0.15) is 0 Å². The topological polar surface area (TPSA) is 41.1 Å². The van der Waals surface area contributed by atoms with E-state index in [9.17, 15) is 4.79 Å². The second kappa shape index (κ2) is 5.82. The van der Waals surface area contributed by atoms with E-state index in [4.69, 9.17) is 0 Å². The van der Waals surface area contributed by atoms with Gasteiger partial charge < -0.3 is 10.6 Å². The Hall–Kier alpha value is -0.620. The molecule has 0 aromatic heterocycles. The van der Waals surface area contributed by atoms with Crippen molar-refractivity contribution in [1.82, 2.24) is 10.6 Å². The Labute approximate surface area is 116 Å². The molecule has 1 aromatic carbocycles. The molecule has 0 heterocycles. The van der Waals surface area contributed by atoms with Gasteiger partial charge in [0.1, 0.15) is 0 Å². The van der Waals surface area contributed by atoms with Crippen molar-refractivity contribution in [2.24, 2.45) is 0 Å². The first-order valence-electron chi connectivity index (χ1n) is 5.93. The highest BCUT2D eigenvalue weighted by Gasteiger charge is 2.23. The van der Waals surface area contributed by atoms with Gasteiger partial charge in [-0.05, 0) is 60.1 Å². The lowest BCUT2D eigenvalue weighted by atomic mass is 10.1. The highest BCUT2D eigenvalue weighted by Crippen LogP contribution is 2.18. The summed E-state index contributed by atoms with van der Waals surface area (Å²) in [6.45, 7) is 2.47. The lowest BCUT2D eigenvalue weighted by Crippen LogP contribution is -2.36. The quantitative estimate of drug-likeness (QED) is 0.805. The molecule has 0 spiro atoms. The molecule has 1 unspecified atom stereocenters. The molecule has 0 aliphatic heterocycles. The van der Waals surface area contributed by atoms with Gasteiger partial charge in [-0.1, -0.05) is 12.1 Å². The summed E-state index contributed by atoms with van der Waals surface area (Å²) >= 11 is 2.29. The third-order valence-corrected chi connectivity index (χ3v) is 3.60. The monoisotopic (exact) mass is 344 g/mol. The predicted octanol–water partition coefficient (Wildman–Crippen LogP) is 2.22. The van der Waals surface area contributed by atoms with E-state index in [1.807, 2.05) is 0 Å². The molecule has 1 fully saturated rings. The van der Waals surface area contributed by atoms with E-state index in [0.717, 1.165) is 12.8 Å². The van der Waals surface area contributed by atoms with Gasteiger partial charge in [-0.15, -0.1) is 0 Å². The molecular formula is C13H17IN2O. The van der Waals surface area contributed by atoms with Crippen molar-refractivity contribution in [3.63, 3.8) is 0 Å². The average Bonchev–Trinajstić information content (AvgIpc) is 3.11. The zero-order valence-electron chi connectivity index (χ0n) is 9.87. The van der Waals surface area contributed by atoms with Gasteiger partial charge in [0.25, 0.3) is 0 Å². The van der Waals surface area contributed by atoms with Crippen molar-refractivity contribution in [3.8, 4) is 0 Å². The average molecular weight is 344 g/mol. The van der Waals surface area contributed by atoms with E-state index < -0.39 is 0 Å². The fourth-order valence-corrected chi connectivity index (χ4v) is 1.98. The van der Waals surface area contributed by atoms with Gasteiger partial charge in [0.2, 0.25) is 5.91 Å². The Morgan fingerprint density at radius 1 is 1.41 bits per heavy atom. The minimum atomic E-state index is 0.102. The minimum Gasteiger partial charge on any atom is -0.352 e. The number of nitrogens with one attached hydrogen (secondary N) is 2. The van der Waals surface area contributed by atoms with Crippen LogP contribution in [0.4, 0.5) is 0 Å². The van der Waals surface area contributed by atoms with Gasteiger partial charge in [0.15, 0.2) is 0 Å². The Bertz CT molecular complexity index is 387. The summed E-state index contributed by atoms with van der Waals surface area (Å²) < 4.78 is 1.23. The lowest BCUT2D eigenvalue weighted by molar-refractivity contribution is -0.120. The summed E-state index contributed by atoms with van der Waals surface area (Å²) in [5, 5.41) is 6.20. The zero-order chi connectivity index (χ0) is 12.3. The van der Waals surface area contributed by atoms with Crippen molar-refractivity contribution >= 4 is 28.5 Å². The molecule has 1 amide bonds. The van der Waals surface area contributed by atoms with Crippen LogP contribution in [0.2, 0.25) is 0 Å². The molecule has 2 rings (SSSR count). The van der Waals surface area contributed by atoms with Gasteiger partial charge in [0.05, 0.1) is 6.54 Å². The number of amides is 1. The minimum absolute atomic E-state index is 0.102. The first-order chi connectivity index (χ1) is 8.15. The van der Waals surface area contributed by atoms with E-state index >= 15 is 0 Å². The number of carbonyl (C=O) groups is 1. The van der Waals surface area contributed by atoms with Gasteiger partial charge >= 0.3 is 0 Å². The second-order valence-electron chi connectivity index (χ2n) is 4.50. The number of hydrogen-bond acceptors (Lipinski definition) is 2. The molecule has 0 bridgehead atoms. The molecule has 3 nitrogen and oxygen atoms in total. The molecule has 0 saturated heterocycles. The van der Waals surface area contributed by atoms with Crippen LogP contribution in [-0.2, 0) is 4.79 Å². The number of carbonyl (C=O) groups excluding carboxylic acids is 1. The number of hydrogen-bond donors (Lipinski definition) is 2. The van der Waals surface area contributed by atoms with Crippen LogP contribution in [-0.4, -0.2) is 18.5 Å². The fraction of sp³-hybridized carbons (Fsp3) is 0.462. The Morgan fingerprint density at radius 3 is 2.65 bits per heavy atom. The molecule has 1 aliphatic carbocycles. The molecule has 1 aliphatic rings. The summed E-state index contributed by atoms with van der Waals surface area (Å²) in [5.74, 6) is 0.102. The van der Waals surface area contributed by atoms with E-state index in [-0.39, 0.29) is 11.9 Å². The number of benzene rings is 1. The third-order valence-electron chi connectivity index (χ3n) is 2.88. The second-order valence-corrected chi connectivity index (χ2v) is 5.74. The maximum atomic E-state index is 11.5. The first kappa shape index (κ1) is 12.8. The van der Waals surface area contributed by atoms with Crippen molar-refractivity contribution in [3.05, 3.63) is 33.4 Å². The van der Waals surface area contributed by atoms with Crippen molar-refractivity contribution in [1.29, 1.82) is 0 Å². The Balaban J connectivity index is 1.77. The van der Waals surface area contributed by atoms with Crippen LogP contribution in [0.5, 0.6) is 0 Å². The van der Waals surface area contributed by atoms with Gasteiger partial charge in [0, 0.05) is 15.7 Å². The van der Waals surface area contributed by atoms with Crippen LogP contribution in [0.1, 0.15) is 31.4 Å². The van der Waals surface area contributed by atoms with Crippen LogP contribution in [0, 0.1) is 3.57 Å². The smallest absolute Gasteiger partial charge is 0.234 e. The molecular weight excluding hydrogens is 327 g/mol. The van der Waals surface area contributed by atoms with E-state index in [2.05, 4.69) is 64.4 Å². The van der Waals surface area contributed by atoms with Gasteiger partial charge in [-0.25, -0.2) is 0 Å². The maximum Gasteiger partial charge on any atom is 0.234 e. The summed E-state index contributed by atoms with van der Waals surface area (Å²) in [4.78, 5) is 11.5. The Morgan fingerprint density at radius 2 is 2.06 bits per heavy atom. The van der Waals surface area contributed by atoms with Crippen molar-refractivity contribution in [2.75, 3.05) is 6.54 Å². The van der Waals surface area contributed by atoms with Crippen LogP contribution < -0.4 is 10.6 Å². The van der Waals surface area contributed by atoms with Crippen molar-refractivity contribution in [2.45, 2.75) is 31.8 Å². The molecule has 2 N–H and O–H groups in total. The SMILES string of the molecule is CC(NCC(=O)NC1CC1)c1ccc(I)cc1. The zero-order valence-corrected chi connectivity index (χ0v) is 12.0. The largest absolute Gasteiger partial charge is 0.352 e. The van der Waals surface area contributed by atoms with Crippen molar-refractivity contribution < 1.29 is 4.79 Å². The maximum absolute atomic E-state index is 11.5. The lowest BCUT2D eigenvalue weighted by Gasteiger charge is -2.14. The normalized spacial score (nSPS) is 16.6. The highest BCUT2D eigenvalue weighted by molar-refractivity contribution is 14.1. The molecule has 4 heteroatoms. The molecule has 92 valence electrons. The Kier molecular flexibility index (Phi) is 4.39. The van der Waals surface area contributed by atoms with E-state index in [1.54, 1.807) is 0 Å². The van der Waals surface area contributed by atoms with E-state index in [0.29, 0.717) is 12.6 Å². The highest BCUT2D eigenvalue weighted by atomic mass is 127. The molecule has 1 saturated carbocycles. The van der Waals surface area contributed by atoms with Gasteiger partial charge in [-0.3, -0.25) is 4.79 Å². The molecule has 17 heavy (non-hydrogen) atoms. The van der Waals surface area contributed by atoms with Crippen LogP contribution in [0.3, 0.4) is 0 Å². The fourth-order valence-electron chi connectivity index (χ4n) is 1.62. The predicted molar refractivity (Wildman–Crippen MR) is 76.7 cm³/mol. The van der Waals surface area contributed by atoms with Crippen LogP contribution in [0.15, 0.2) is 24.3 Å². The molecule has 0 radical (unpaired) electrons. The first-order valence-corrected chi connectivity index (χ1v) is 7.01. The molecule has 1 atom stereocenters. The summed E-state index contributed by atoms with van der Waals surface area (Å²) in [6.07, 6.45) is 2.27. The number of rotatable bonds is 5. The summed E-state index contributed by atoms with van der Waals surface area (Å²) in [6, 6.07) is 9.00. The summed E-state index contributed by atoms with van der Waals surface area (Å²) in [5.41, 5.74) is 1.21. The van der Waals surface area contributed by atoms with E-state index in [1.165, 1.54) is 9.13 Å². The van der Waals surface area contributed by atoms with Crippen LogP contribution in [0.25, 0.3) is 0 Å². The van der Waals surface area contributed by atoms with Crippen LogP contribution >= 0.6 is 22.6 Å². The molecule has 1 aromatic rings. The summed E-state index contributed by atoms with van der Waals surface area (Å²) in [7, 11) is 0.